The van der Waals surface area contributed by atoms with Crippen LogP contribution in [0.25, 0.3) is 0 Å². The second kappa shape index (κ2) is 6.91. The highest BCUT2D eigenvalue weighted by Gasteiger charge is 2.29. The van der Waals surface area contributed by atoms with Crippen molar-refractivity contribution >= 4 is 5.91 Å². The number of aromatic nitrogens is 2. The Kier molecular flexibility index (Phi) is 4.71. The second-order valence-electron chi connectivity index (χ2n) is 5.82. The Morgan fingerprint density at radius 3 is 3.04 bits per heavy atom. The maximum atomic E-state index is 13.7. The van der Waals surface area contributed by atoms with E-state index in [9.17, 15) is 9.18 Å². The van der Waals surface area contributed by atoms with Crippen molar-refractivity contribution in [2.45, 2.75) is 31.4 Å². The quantitative estimate of drug-likeness (QED) is 0.940. The van der Waals surface area contributed by atoms with E-state index in [0.717, 1.165) is 18.4 Å². The first-order valence-corrected chi connectivity index (χ1v) is 7.76. The molecule has 0 unspecified atom stereocenters. The van der Waals surface area contributed by atoms with Gasteiger partial charge in [-0.25, -0.2) is 4.39 Å². The standard InChI is InChI=1S/C17H20FN3O2/c1-21-11-13(10-19-21)17-15(7-4-8-23-17)20-16(22)9-12-5-2-3-6-14(12)18/h2-3,5-6,10-11,15,17H,4,7-9H2,1H3,(H,20,22)/t15-,17+/m0/s1. The molecule has 0 aliphatic carbocycles. The number of nitrogens with zero attached hydrogens (tertiary/aromatic N) is 2. The summed E-state index contributed by atoms with van der Waals surface area (Å²) >= 11 is 0. The van der Waals surface area contributed by atoms with E-state index in [1.54, 1.807) is 29.1 Å². The Morgan fingerprint density at radius 1 is 1.48 bits per heavy atom. The molecule has 6 heteroatoms. The van der Waals surface area contributed by atoms with Gasteiger partial charge in [-0.1, -0.05) is 18.2 Å². The van der Waals surface area contributed by atoms with Gasteiger partial charge in [0.2, 0.25) is 5.91 Å². The lowest BCUT2D eigenvalue weighted by Crippen LogP contribution is -2.43. The van der Waals surface area contributed by atoms with Crippen LogP contribution in [0.4, 0.5) is 4.39 Å². The van der Waals surface area contributed by atoms with Crippen LogP contribution in [-0.4, -0.2) is 28.3 Å². The Bertz CT molecular complexity index is 686. The molecule has 0 radical (unpaired) electrons. The fourth-order valence-corrected chi connectivity index (χ4v) is 2.92. The molecule has 1 saturated heterocycles. The maximum absolute atomic E-state index is 13.7. The fraction of sp³-hybridized carbons (Fsp3) is 0.412. The van der Waals surface area contributed by atoms with Crippen molar-refractivity contribution in [2.75, 3.05) is 6.61 Å². The summed E-state index contributed by atoms with van der Waals surface area (Å²) < 4.78 is 21.2. The molecule has 2 atom stereocenters. The van der Waals surface area contributed by atoms with Gasteiger partial charge in [0.25, 0.3) is 0 Å². The molecule has 1 aromatic heterocycles. The number of hydrogen-bond donors (Lipinski definition) is 1. The molecule has 0 bridgehead atoms. The highest BCUT2D eigenvalue weighted by molar-refractivity contribution is 5.79. The Labute approximate surface area is 134 Å². The van der Waals surface area contributed by atoms with E-state index < -0.39 is 0 Å². The SMILES string of the molecule is Cn1cc([C@H]2OCCC[C@@H]2NC(=O)Cc2ccccc2F)cn1. The van der Waals surface area contributed by atoms with E-state index in [1.165, 1.54) is 6.07 Å². The van der Waals surface area contributed by atoms with Crippen molar-refractivity contribution in [3.63, 3.8) is 0 Å². The number of rotatable bonds is 4. The third-order valence-corrected chi connectivity index (χ3v) is 4.03. The van der Waals surface area contributed by atoms with Gasteiger partial charge in [0.1, 0.15) is 11.9 Å². The predicted molar refractivity (Wildman–Crippen MR) is 83.2 cm³/mol. The number of amides is 1. The lowest BCUT2D eigenvalue weighted by Gasteiger charge is -2.31. The van der Waals surface area contributed by atoms with Gasteiger partial charge in [-0.2, -0.15) is 5.10 Å². The summed E-state index contributed by atoms with van der Waals surface area (Å²) in [5.41, 5.74) is 1.35. The Balaban J connectivity index is 1.67. The summed E-state index contributed by atoms with van der Waals surface area (Å²) in [6.45, 7) is 0.666. The van der Waals surface area contributed by atoms with Crippen molar-refractivity contribution in [3.05, 3.63) is 53.6 Å². The minimum atomic E-state index is -0.355. The molecule has 1 fully saturated rings. The van der Waals surface area contributed by atoms with Crippen LogP contribution < -0.4 is 5.32 Å². The normalized spacial score (nSPS) is 21.1. The van der Waals surface area contributed by atoms with E-state index in [-0.39, 0.29) is 30.3 Å². The summed E-state index contributed by atoms with van der Waals surface area (Å²) in [5.74, 6) is -0.550. The summed E-state index contributed by atoms with van der Waals surface area (Å²) in [6.07, 6.45) is 5.20. The minimum Gasteiger partial charge on any atom is -0.371 e. The number of carbonyl (C=O) groups is 1. The molecular formula is C17H20FN3O2. The molecule has 1 aromatic carbocycles. The molecule has 2 aromatic rings. The van der Waals surface area contributed by atoms with Crippen LogP contribution in [0, 0.1) is 5.82 Å². The Morgan fingerprint density at radius 2 is 2.30 bits per heavy atom. The summed E-state index contributed by atoms with van der Waals surface area (Å²) in [5, 5.41) is 7.14. The van der Waals surface area contributed by atoms with E-state index in [0.29, 0.717) is 12.2 Å². The van der Waals surface area contributed by atoms with Gasteiger partial charge >= 0.3 is 0 Å². The van der Waals surface area contributed by atoms with Gasteiger partial charge in [-0.3, -0.25) is 9.48 Å². The average molecular weight is 317 g/mol. The van der Waals surface area contributed by atoms with E-state index in [2.05, 4.69) is 10.4 Å². The Hall–Kier alpha value is -2.21. The van der Waals surface area contributed by atoms with E-state index in [1.807, 2.05) is 13.2 Å². The van der Waals surface area contributed by atoms with Crippen molar-refractivity contribution in [3.8, 4) is 0 Å². The van der Waals surface area contributed by atoms with Crippen molar-refractivity contribution in [2.24, 2.45) is 7.05 Å². The van der Waals surface area contributed by atoms with Gasteiger partial charge in [0.05, 0.1) is 18.7 Å². The van der Waals surface area contributed by atoms with Crippen molar-refractivity contribution in [1.82, 2.24) is 15.1 Å². The van der Waals surface area contributed by atoms with Crippen molar-refractivity contribution < 1.29 is 13.9 Å². The first-order chi connectivity index (χ1) is 11.1. The maximum Gasteiger partial charge on any atom is 0.224 e. The molecule has 122 valence electrons. The van der Waals surface area contributed by atoms with Crippen LogP contribution in [0.2, 0.25) is 0 Å². The van der Waals surface area contributed by atoms with Gasteiger partial charge in [-0.05, 0) is 24.5 Å². The molecule has 3 rings (SSSR count). The average Bonchev–Trinajstić information content (AvgIpc) is 2.96. The number of ether oxygens (including phenoxy) is 1. The molecule has 1 aliphatic heterocycles. The van der Waals surface area contributed by atoms with E-state index in [4.69, 9.17) is 4.74 Å². The zero-order valence-corrected chi connectivity index (χ0v) is 13.0. The first kappa shape index (κ1) is 15.7. The summed E-state index contributed by atoms with van der Waals surface area (Å²) in [7, 11) is 1.85. The predicted octanol–water partition coefficient (Wildman–Crippen LogP) is 2.14. The van der Waals surface area contributed by atoms with Gasteiger partial charge < -0.3 is 10.1 Å². The van der Waals surface area contributed by atoms with E-state index >= 15 is 0 Å². The van der Waals surface area contributed by atoms with Crippen LogP contribution in [0.3, 0.4) is 0 Å². The summed E-state index contributed by atoms with van der Waals surface area (Å²) in [6, 6.07) is 6.22. The number of nitrogens with one attached hydrogen (secondary N) is 1. The zero-order valence-electron chi connectivity index (χ0n) is 13.0. The van der Waals surface area contributed by atoms with Crippen LogP contribution in [-0.2, 0) is 23.0 Å². The molecular weight excluding hydrogens is 297 g/mol. The van der Waals surface area contributed by atoms with Crippen molar-refractivity contribution in [1.29, 1.82) is 0 Å². The lowest BCUT2D eigenvalue weighted by atomic mass is 9.97. The number of benzene rings is 1. The molecule has 1 N–H and O–H groups in total. The number of carbonyl (C=O) groups excluding carboxylic acids is 1. The highest BCUT2D eigenvalue weighted by atomic mass is 19.1. The molecule has 23 heavy (non-hydrogen) atoms. The van der Waals surface area contributed by atoms with Crippen LogP contribution >= 0.6 is 0 Å². The number of hydrogen-bond acceptors (Lipinski definition) is 3. The largest absolute Gasteiger partial charge is 0.371 e. The zero-order chi connectivity index (χ0) is 16.2. The highest BCUT2D eigenvalue weighted by Crippen LogP contribution is 2.28. The number of halogens is 1. The second-order valence-corrected chi connectivity index (χ2v) is 5.82. The lowest BCUT2D eigenvalue weighted by molar-refractivity contribution is -0.123. The molecule has 2 heterocycles. The first-order valence-electron chi connectivity index (χ1n) is 7.76. The third-order valence-electron chi connectivity index (χ3n) is 4.03. The minimum absolute atomic E-state index is 0.0307. The third kappa shape index (κ3) is 3.76. The van der Waals surface area contributed by atoms with Crippen LogP contribution in [0.5, 0.6) is 0 Å². The molecule has 0 spiro atoms. The van der Waals surface area contributed by atoms with Gasteiger partial charge in [-0.15, -0.1) is 0 Å². The van der Waals surface area contributed by atoms with Crippen LogP contribution in [0.1, 0.15) is 30.1 Å². The van der Waals surface area contributed by atoms with Gasteiger partial charge in [0.15, 0.2) is 0 Å². The molecule has 1 aliphatic rings. The molecule has 0 saturated carbocycles. The van der Waals surface area contributed by atoms with Crippen LogP contribution in [0.15, 0.2) is 36.7 Å². The summed E-state index contributed by atoms with van der Waals surface area (Å²) in [4.78, 5) is 12.3. The number of aryl methyl sites for hydroxylation is 1. The smallest absolute Gasteiger partial charge is 0.224 e. The monoisotopic (exact) mass is 317 g/mol. The molecule has 1 amide bonds. The topological polar surface area (TPSA) is 56.1 Å². The molecule has 5 nitrogen and oxygen atoms in total. The fourth-order valence-electron chi connectivity index (χ4n) is 2.92. The van der Waals surface area contributed by atoms with Gasteiger partial charge in [0, 0.05) is 25.4 Å².